The Hall–Kier alpha value is -0.300. The van der Waals surface area contributed by atoms with Gasteiger partial charge in [-0.2, -0.15) is 0 Å². The van der Waals surface area contributed by atoms with Crippen LogP contribution in [-0.2, 0) is 4.74 Å². The minimum atomic E-state index is 0.718. The molecule has 2 atom stereocenters. The van der Waals surface area contributed by atoms with Gasteiger partial charge in [-0.1, -0.05) is 53.2 Å². The van der Waals surface area contributed by atoms with Crippen molar-refractivity contribution in [1.29, 1.82) is 0 Å². The van der Waals surface area contributed by atoms with E-state index in [1.807, 2.05) is 0 Å². The van der Waals surface area contributed by atoms with E-state index in [4.69, 9.17) is 4.74 Å². The molecule has 102 valence electrons. The summed E-state index contributed by atoms with van der Waals surface area (Å²) < 4.78 is 5.09. The van der Waals surface area contributed by atoms with Crippen LogP contribution in [0.15, 0.2) is 12.2 Å². The number of hydrogen-bond donors (Lipinski definition) is 0. The molecule has 0 amide bonds. The van der Waals surface area contributed by atoms with Gasteiger partial charge in [0, 0.05) is 7.11 Å². The number of allylic oxidation sites excluding steroid dienone is 1. The highest BCUT2D eigenvalue weighted by atomic mass is 16.5. The maximum absolute atomic E-state index is 5.09. The SMILES string of the molecule is COCC=CC(CCC(C)C)C(C)CC(C)C. The predicted octanol–water partition coefficient (Wildman–Crippen LogP) is 4.92. The molecule has 0 aliphatic carbocycles. The number of methoxy groups -OCH3 is 1. The number of ether oxygens (including phenoxy) is 1. The first-order valence-electron chi connectivity index (χ1n) is 7.12. The van der Waals surface area contributed by atoms with Gasteiger partial charge in [-0.15, -0.1) is 0 Å². The van der Waals surface area contributed by atoms with Crippen molar-refractivity contribution < 1.29 is 4.74 Å². The molecule has 0 aromatic carbocycles. The van der Waals surface area contributed by atoms with Crippen LogP contribution in [0.3, 0.4) is 0 Å². The summed E-state index contributed by atoms with van der Waals surface area (Å²) >= 11 is 0. The van der Waals surface area contributed by atoms with E-state index in [-0.39, 0.29) is 0 Å². The van der Waals surface area contributed by atoms with Gasteiger partial charge < -0.3 is 4.74 Å². The normalized spacial score (nSPS) is 16.0. The van der Waals surface area contributed by atoms with Crippen LogP contribution < -0.4 is 0 Å². The van der Waals surface area contributed by atoms with Gasteiger partial charge in [-0.3, -0.25) is 0 Å². The Kier molecular flexibility index (Phi) is 9.53. The van der Waals surface area contributed by atoms with Gasteiger partial charge >= 0.3 is 0 Å². The van der Waals surface area contributed by atoms with Gasteiger partial charge in [0.25, 0.3) is 0 Å². The lowest BCUT2D eigenvalue weighted by Crippen LogP contribution is -2.13. The van der Waals surface area contributed by atoms with E-state index in [2.05, 4.69) is 46.8 Å². The van der Waals surface area contributed by atoms with E-state index < -0.39 is 0 Å². The van der Waals surface area contributed by atoms with Crippen molar-refractivity contribution in [2.24, 2.45) is 23.7 Å². The van der Waals surface area contributed by atoms with Crippen LogP contribution in [0.2, 0.25) is 0 Å². The second-order valence-electron chi connectivity index (χ2n) is 6.13. The Morgan fingerprint density at radius 2 is 1.59 bits per heavy atom. The molecule has 1 heteroatoms. The van der Waals surface area contributed by atoms with Gasteiger partial charge in [0.15, 0.2) is 0 Å². The summed E-state index contributed by atoms with van der Waals surface area (Å²) in [4.78, 5) is 0. The molecular weight excluding hydrogens is 208 g/mol. The molecule has 0 heterocycles. The van der Waals surface area contributed by atoms with Crippen LogP contribution in [0.4, 0.5) is 0 Å². The first kappa shape index (κ1) is 16.7. The van der Waals surface area contributed by atoms with E-state index in [1.165, 1.54) is 19.3 Å². The quantitative estimate of drug-likeness (QED) is 0.520. The minimum Gasteiger partial charge on any atom is -0.381 e. The maximum Gasteiger partial charge on any atom is 0.0643 e. The minimum absolute atomic E-state index is 0.718. The van der Waals surface area contributed by atoms with Gasteiger partial charge in [0.1, 0.15) is 0 Å². The van der Waals surface area contributed by atoms with Crippen molar-refractivity contribution in [2.75, 3.05) is 13.7 Å². The second kappa shape index (κ2) is 9.70. The molecule has 0 aromatic rings. The van der Waals surface area contributed by atoms with Crippen molar-refractivity contribution in [2.45, 2.75) is 53.9 Å². The molecule has 0 spiro atoms. The van der Waals surface area contributed by atoms with Gasteiger partial charge in [0.2, 0.25) is 0 Å². The van der Waals surface area contributed by atoms with Crippen LogP contribution in [0, 0.1) is 23.7 Å². The molecule has 0 aliphatic rings. The highest BCUT2D eigenvalue weighted by Crippen LogP contribution is 2.26. The average Bonchev–Trinajstić information content (AvgIpc) is 2.21. The fourth-order valence-corrected chi connectivity index (χ4v) is 2.34. The Balaban J connectivity index is 4.26. The van der Waals surface area contributed by atoms with Crippen molar-refractivity contribution >= 4 is 0 Å². The summed E-state index contributed by atoms with van der Waals surface area (Å²) in [7, 11) is 1.75. The highest BCUT2D eigenvalue weighted by Gasteiger charge is 2.16. The summed E-state index contributed by atoms with van der Waals surface area (Å²) in [6.45, 7) is 12.4. The molecule has 0 saturated carbocycles. The number of hydrogen-bond acceptors (Lipinski definition) is 1. The van der Waals surface area contributed by atoms with Crippen molar-refractivity contribution in [3.05, 3.63) is 12.2 Å². The lowest BCUT2D eigenvalue weighted by molar-refractivity contribution is 0.232. The fourth-order valence-electron chi connectivity index (χ4n) is 2.34. The number of rotatable bonds is 9. The molecule has 1 nitrogen and oxygen atoms in total. The van der Waals surface area contributed by atoms with Crippen LogP contribution >= 0.6 is 0 Å². The van der Waals surface area contributed by atoms with Crippen LogP contribution in [0.5, 0.6) is 0 Å². The van der Waals surface area contributed by atoms with E-state index in [9.17, 15) is 0 Å². The summed E-state index contributed by atoms with van der Waals surface area (Å²) in [5.41, 5.74) is 0. The maximum atomic E-state index is 5.09. The first-order valence-corrected chi connectivity index (χ1v) is 7.12. The summed E-state index contributed by atoms with van der Waals surface area (Å²) in [6.07, 6.45) is 8.51. The van der Waals surface area contributed by atoms with E-state index in [0.29, 0.717) is 0 Å². The summed E-state index contributed by atoms with van der Waals surface area (Å²) in [5, 5.41) is 0. The lowest BCUT2D eigenvalue weighted by atomic mass is 9.82. The Labute approximate surface area is 109 Å². The zero-order chi connectivity index (χ0) is 13.3. The van der Waals surface area contributed by atoms with Crippen LogP contribution in [0.25, 0.3) is 0 Å². The third-order valence-electron chi connectivity index (χ3n) is 3.30. The monoisotopic (exact) mass is 240 g/mol. The Morgan fingerprint density at radius 3 is 2.06 bits per heavy atom. The summed E-state index contributed by atoms with van der Waals surface area (Å²) in [6, 6.07) is 0. The Bertz CT molecular complexity index is 194. The molecular formula is C16H32O. The largest absolute Gasteiger partial charge is 0.381 e. The standard InChI is InChI=1S/C16H32O/c1-13(2)9-10-16(8-7-11-17-6)15(5)12-14(3)4/h7-8,13-16H,9-12H2,1-6H3. The molecule has 0 bridgehead atoms. The topological polar surface area (TPSA) is 9.23 Å². The predicted molar refractivity (Wildman–Crippen MR) is 77.2 cm³/mol. The third-order valence-corrected chi connectivity index (χ3v) is 3.30. The van der Waals surface area contributed by atoms with E-state index in [0.717, 1.165) is 30.3 Å². The first-order chi connectivity index (χ1) is 7.97. The van der Waals surface area contributed by atoms with Gasteiger partial charge in [-0.25, -0.2) is 0 Å². The van der Waals surface area contributed by atoms with Crippen LogP contribution in [0.1, 0.15) is 53.9 Å². The smallest absolute Gasteiger partial charge is 0.0643 e. The molecule has 0 rings (SSSR count). The molecule has 0 aromatic heterocycles. The average molecular weight is 240 g/mol. The van der Waals surface area contributed by atoms with Crippen molar-refractivity contribution in [3.8, 4) is 0 Å². The molecule has 0 N–H and O–H groups in total. The zero-order valence-corrected chi connectivity index (χ0v) is 12.7. The zero-order valence-electron chi connectivity index (χ0n) is 12.7. The highest BCUT2D eigenvalue weighted by molar-refractivity contribution is 4.91. The van der Waals surface area contributed by atoms with Crippen molar-refractivity contribution in [3.63, 3.8) is 0 Å². The molecule has 0 aliphatic heterocycles. The van der Waals surface area contributed by atoms with E-state index >= 15 is 0 Å². The van der Waals surface area contributed by atoms with Gasteiger partial charge in [-0.05, 0) is 36.5 Å². The summed E-state index contributed by atoms with van der Waals surface area (Å²) in [5.74, 6) is 3.10. The molecule has 0 saturated heterocycles. The molecule has 0 radical (unpaired) electrons. The molecule has 0 fully saturated rings. The Morgan fingerprint density at radius 1 is 0.941 bits per heavy atom. The molecule has 2 unspecified atom stereocenters. The van der Waals surface area contributed by atoms with Crippen molar-refractivity contribution in [1.82, 2.24) is 0 Å². The fraction of sp³-hybridized carbons (Fsp3) is 0.875. The van der Waals surface area contributed by atoms with Gasteiger partial charge in [0.05, 0.1) is 6.61 Å². The van der Waals surface area contributed by atoms with Crippen LogP contribution in [-0.4, -0.2) is 13.7 Å². The molecule has 17 heavy (non-hydrogen) atoms. The lowest BCUT2D eigenvalue weighted by Gasteiger charge is -2.23. The second-order valence-corrected chi connectivity index (χ2v) is 6.13. The van der Waals surface area contributed by atoms with E-state index in [1.54, 1.807) is 7.11 Å². The third kappa shape index (κ3) is 9.41.